The Morgan fingerprint density at radius 3 is 2.64 bits per heavy atom. The fraction of sp³-hybridized carbons (Fsp3) is 0.118. The van der Waals surface area contributed by atoms with Crippen molar-refractivity contribution in [3.8, 4) is 0 Å². The lowest BCUT2D eigenvalue weighted by Gasteiger charge is -2.12. The zero-order valence-corrected chi connectivity index (χ0v) is 14.1. The monoisotopic (exact) mass is 354 g/mol. The normalized spacial score (nSPS) is 15.0. The third-order valence-electron chi connectivity index (χ3n) is 4.07. The first kappa shape index (κ1) is 15.5. The molecule has 2 aromatic carbocycles. The summed E-state index contributed by atoms with van der Waals surface area (Å²) in [7, 11) is -4.00. The summed E-state index contributed by atoms with van der Waals surface area (Å²) in [5.74, 6) is -0.569. The number of hydrogen-bond donors (Lipinski definition) is 1. The quantitative estimate of drug-likeness (QED) is 0.780. The van der Waals surface area contributed by atoms with Crippen LogP contribution in [0, 0.1) is 6.92 Å². The molecule has 0 spiro atoms. The highest BCUT2D eigenvalue weighted by molar-refractivity contribution is 7.89. The maximum Gasteiger partial charge on any atom is 0.286 e. The number of sulfonamides is 1. The fourth-order valence-corrected chi connectivity index (χ4v) is 3.90. The first-order valence-electron chi connectivity index (χ1n) is 7.61. The molecule has 0 unspecified atom stereocenters. The van der Waals surface area contributed by atoms with Crippen LogP contribution in [0.3, 0.4) is 0 Å². The first-order chi connectivity index (χ1) is 11.9. The Morgan fingerprint density at radius 2 is 1.88 bits per heavy atom. The molecule has 1 aliphatic heterocycles. The van der Waals surface area contributed by atoms with Gasteiger partial charge in [-0.3, -0.25) is 9.89 Å². The Bertz CT molecular complexity index is 1110. The van der Waals surface area contributed by atoms with Gasteiger partial charge in [0.25, 0.3) is 15.9 Å². The molecule has 2 heterocycles. The lowest BCUT2D eigenvalue weighted by molar-refractivity contribution is -0.124. The van der Waals surface area contributed by atoms with E-state index in [1.807, 2.05) is 13.0 Å². The van der Waals surface area contributed by atoms with Gasteiger partial charge in [-0.05, 0) is 25.1 Å². The maximum atomic E-state index is 12.7. The fourth-order valence-electron chi connectivity index (χ4n) is 2.69. The number of rotatable bonds is 3. The van der Waals surface area contributed by atoms with E-state index in [1.165, 1.54) is 12.1 Å². The lowest BCUT2D eigenvalue weighted by Crippen LogP contribution is -2.28. The Morgan fingerprint density at radius 1 is 1.12 bits per heavy atom. The van der Waals surface area contributed by atoms with Crippen LogP contribution in [0.5, 0.6) is 0 Å². The van der Waals surface area contributed by atoms with E-state index >= 15 is 0 Å². The molecule has 25 heavy (non-hydrogen) atoms. The molecular formula is C17H14N4O3S. The molecule has 1 aromatic heterocycles. The van der Waals surface area contributed by atoms with Gasteiger partial charge in [-0.2, -0.15) is 18.6 Å². The van der Waals surface area contributed by atoms with Crippen molar-refractivity contribution < 1.29 is 13.2 Å². The molecule has 1 aliphatic rings. The molecule has 7 nitrogen and oxygen atoms in total. The summed E-state index contributed by atoms with van der Waals surface area (Å²) >= 11 is 0. The minimum absolute atomic E-state index is 0.0421. The average Bonchev–Trinajstić information content (AvgIpc) is 3.21. The van der Waals surface area contributed by atoms with E-state index in [0.29, 0.717) is 15.7 Å². The second-order valence-electron chi connectivity index (χ2n) is 5.85. The topological polar surface area (TPSA) is 95.5 Å². The predicted molar refractivity (Wildman–Crippen MR) is 92.5 cm³/mol. The second kappa shape index (κ2) is 5.52. The van der Waals surface area contributed by atoms with E-state index in [0.717, 1.165) is 16.5 Å². The minimum atomic E-state index is -4.00. The molecule has 3 aromatic rings. The maximum absolute atomic E-state index is 12.7. The van der Waals surface area contributed by atoms with Gasteiger partial charge < -0.3 is 0 Å². The molecule has 1 amide bonds. The molecule has 0 atom stereocenters. The van der Waals surface area contributed by atoms with Crippen molar-refractivity contribution in [2.75, 3.05) is 0 Å². The highest BCUT2D eigenvalue weighted by Crippen LogP contribution is 2.24. The number of hydrogen-bond acceptors (Lipinski definition) is 5. The van der Waals surface area contributed by atoms with E-state index < -0.39 is 15.9 Å². The van der Waals surface area contributed by atoms with E-state index in [-0.39, 0.29) is 11.3 Å². The number of carbonyl (C=O) groups excluding carboxylic acids is 1. The van der Waals surface area contributed by atoms with E-state index in [1.54, 1.807) is 30.5 Å². The summed E-state index contributed by atoms with van der Waals surface area (Å²) in [6.45, 7) is 1.86. The highest BCUT2D eigenvalue weighted by atomic mass is 32.2. The molecular weight excluding hydrogens is 340 g/mol. The van der Waals surface area contributed by atoms with Gasteiger partial charge in [0.05, 0.1) is 28.7 Å². The number of aromatic nitrogens is 2. The van der Waals surface area contributed by atoms with Crippen LogP contribution in [0.15, 0.2) is 58.7 Å². The van der Waals surface area contributed by atoms with Gasteiger partial charge in [0.15, 0.2) is 0 Å². The summed E-state index contributed by atoms with van der Waals surface area (Å²) in [5, 5.41) is 11.8. The van der Waals surface area contributed by atoms with Crippen LogP contribution >= 0.6 is 0 Å². The Hall–Kier alpha value is -3.00. The third kappa shape index (κ3) is 2.60. The SMILES string of the molecule is Cc1ccc(S(=O)(=O)N2N=C(c3ccc4cn[nH]c4c3)CC2=O)cc1. The van der Waals surface area contributed by atoms with Crippen LogP contribution in [0.25, 0.3) is 10.9 Å². The van der Waals surface area contributed by atoms with Gasteiger partial charge in [0, 0.05) is 10.9 Å². The number of nitrogens with one attached hydrogen (secondary N) is 1. The van der Waals surface area contributed by atoms with Crippen LogP contribution in [-0.4, -0.2) is 34.6 Å². The molecule has 0 saturated heterocycles. The molecule has 0 bridgehead atoms. The number of hydrazone groups is 1. The van der Waals surface area contributed by atoms with Gasteiger partial charge in [-0.25, -0.2) is 0 Å². The predicted octanol–water partition coefficient (Wildman–Crippen LogP) is 2.20. The van der Waals surface area contributed by atoms with Crippen molar-refractivity contribution >= 4 is 32.5 Å². The summed E-state index contributed by atoms with van der Waals surface area (Å²) in [6.07, 6.45) is 1.62. The highest BCUT2D eigenvalue weighted by Gasteiger charge is 2.35. The van der Waals surface area contributed by atoms with Gasteiger partial charge in [0.2, 0.25) is 0 Å². The summed E-state index contributed by atoms with van der Waals surface area (Å²) < 4.78 is 26.0. The molecule has 0 aliphatic carbocycles. The standard InChI is InChI=1S/C17H14N4O3S/c1-11-2-6-14(7-3-11)25(23,24)21-17(22)9-16(20-21)12-4-5-13-10-18-19-15(13)8-12/h2-8,10H,9H2,1H3,(H,18,19). The second-order valence-corrected chi connectivity index (χ2v) is 7.62. The third-order valence-corrected chi connectivity index (χ3v) is 5.67. The molecule has 0 saturated carbocycles. The van der Waals surface area contributed by atoms with E-state index in [2.05, 4.69) is 15.3 Å². The van der Waals surface area contributed by atoms with Crippen LogP contribution < -0.4 is 0 Å². The molecule has 4 rings (SSSR count). The van der Waals surface area contributed by atoms with E-state index in [9.17, 15) is 13.2 Å². The summed E-state index contributed by atoms with van der Waals surface area (Å²) in [5.41, 5.74) is 2.83. The molecule has 0 fully saturated rings. The van der Waals surface area contributed by atoms with Crippen molar-refractivity contribution in [1.82, 2.24) is 14.6 Å². The minimum Gasteiger partial charge on any atom is -0.278 e. The number of fused-ring (bicyclic) bond motifs is 1. The number of benzene rings is 2. The molecule has 126 valence electrons. The lowest BCUT2D eigenvalue weighted by atomic mass is 10.1. The molecule has 0 radical (unpaired) electrons. The smallest absolute Gasteiger partial charge is 0.278 e. The van der Waals surface area contributed by atoms with Crippen molar-refractivity contribution in [3.05, 3.63) is 59.8 Å². The largest absolute Gasteiger partial charge is 0.286 e. The van der Waals surface area contributed by atoms with Crippen LogP contribution in [-0.2, 0) is 14.8 Å². The number of H-pyrrole nitrogens is 1. The zero-order chi connectivity index (χ0) is 17.6. The van der Waals surface area contributed by atoms with Crippen molar-refractivity contribution in [1.29, 1.82) is 0 Å². The first-order valence-corrected chi connectivity index (χ1v) is 9.05. The van der Waals surface area contributed by atoms with Crippen molar-refractivity contribution in [3.63, 3.8) is 0 Å². The van der Waals surface area contributed by atoms with Gasteiger partial charge in [0.1, 0.15) is 0 Å². The average molecular weight is 354 g/mol. The Balaban J connectivity index is 1.73. The van der Waals surface area contributed by atoms with Crippen molar-refractivity contribution in [2.24, 2.45) is 5.10 Å². The van der Waals surface area contributed by atoms with Crippen LogP contribution in [0.2, 0.25) is 0 Å². The van der Waals surface area contributed by atoms with Gasteiger partial charge >= 0.3 is 0 Å². The van der Waals surface area contributed by atoms with Gasteiger partial charge in [-0.1, -0.05) is 29.8 Å². The van der Waals surface area contributed by atoms with Crippen LogP contribution in [0.4, 0.5) is 0 Å². The van der Waals surface area contributed by atoms with Gasteiger partial charge in [-0.15, -0.1) is 4.41 Å². The number of carbonyl (C=O) groups is 1. The number of amides is 1. The van der Waals surface area contributed by atoms with Crippen LogP contribution in [0.1, 0.15) is 17.5 Å². The number of aryl methyl sites for hydroxylation is 1. The Labute approximate surface area is 144 Å². The zero-order valence-electron chi connectivity index (χ0n) is 13.3. The summed E-state index contributed by atoms with van der Waals surface area (Å²) in [6, 6.07) is 11.8. The number of nitrogens with zero attached hydrogens (tertiary/aromatic N) is 3. The number of aromatic amines is 1. The molecule has 1 N–H and O–H groups in total. The van der Waals surface area contributed by atoms with E-state index in [4.69, 9.17) is 0 Å². The Kier molecular flexibility index (Phi) is 3.43. The summed E-state index contributed by atoms with van der Waals surface area (Å²) in [4.78, 5) is 12.3. The van der Waals surface area contributed by atoms with Crippen molar-refractivity contribution in [2.45, 2.75) is 18.2 Å². The molecule has 8 heteroatoms.